The minimum Gasteiger partial charge on any atom is -0.459 e. The molecule has 2 aromatic heterocycles. The molecule has 1 aromatic carbocycles. The Morgan fingerprint density at radius 3 is 2.68 bits per heavy atom. The summed E-state index contributed by atoms with van der Waals surface area (Å²) in [6.07, 6.45) is 2.34. The van der Waals surface area contributed by atoms with Gasteiger partial charge in [-0.3, -0.25) is 9.69 Å². The molecule has 0 N–H and O–H groups in total. The third-order valence-electron chi connectivity index (χ3n) is 3.55. The summed E-state index contributed by atoms with van der Waals surface area (Å²) in [5, 5.41) is 1.23. The number of halogens is 2. The van der Waals surface area contributed by atoms with Crippen LogP contribution in [-0.4, -0.2) is 43.0 Å². The average molecular weight is 400 g/mol. The van der Waals surface area contributed by atoms with Gasteiger partial charge in [-0.2, -0.15) is 0 Å². The first-order valence-electron chi connectivity index (χ1n) is 7.61. The molecule has 0 unspecified atom stereocenters. The summed E-state index contributed by atoms with van der Waals surface area (Å²) in [7, 11) is 4.02. The SMILES string of the molecule is CN(C)CCCN(C(=O)c1ccco1)c1nc2c(Cl)cccc2s1.Cl. The van der Waals surface area contributed by atoms with E-state index < -0.39 is 0 Å². The molecular formula is C17H19Cl2N3O2S. The lowest BCUT2D eigenvalue weighted by atomic mass is 10.3. The van der Waals surface area contributed by atoms with Crippen molar-refractivity contribution in [1.82, 2.24) is 9.88 Å². The predicted molar refractivity (Wildman–Crippen MR) is 105 cm³/mol. The number of carbonyl (C=O) groups is 1. The van der Waals surface area contributed by atoms with Crippen molar-refractivity contribution in [3.8, 4) is 0 Å². The number of hydrogen-bond acceptors (Lipinski definition) is 5. The molecule has 0 bridgehead atoms. The Kier molecular flexibility index (Phi) is 6.84. The highest BCUT2D eigenvalue weighted by Gasteiger charge is 2.23. The average Bonchev–Trinajstić information content (AvgIpc) is 3.20. The molecule has 5 nitrogen and oxygen atoms in total. The van der Waals surface area contributed by atoms with Crippen LogP contribution in [0, 0.1) is 0 Å². The van der Waals surface area contributed by atoms with Crippen molar-refractivity contribution in [3.63, 3.8) is 0 Å². The van der Waals surface area contributed by atoms with Gasteiger partial charge in [0.15, 0.2) is 10.9 Å². The lowest BCUT2D eigenvalue weighted by Gasteiger charge is -2.19. The number of thiazole rings is 1. The standard InChI is InChI=1S/C17H18ClN3O2S.ClH/c1-20(2)9-5-10-21(16(22)13-7-4-11-23-13)17-19-15-12(18)6-3-8-14(15)24-17;/h3-4,6-8,11H,5,9-10H2,1-2H3;1H. The number of fused-ring (bicyclic) bond motifs is 1. The summed E-state index contributed by atoms with van der Waals surface area (Å²) in [6.45, 7) is 1.45. The van der Waals surface area contributed by atoms with Crippen molar-refractivity contribution in [2.45, 2.75) is 6.42 Å². The Balaban J connectivity index is 0.00000225. The number of rotatable bonds is 6. The highest BCUT2D eigenvalue weighted by molar-refractivity contribution is 7.22. The Morgan fingerprint density at radius 1 is 1.24 bits per heavy atom. The molecule has 2 heterocycles. The summed E-state index contributed by atoms with van der Waals surface area (Å²) in [5.41, 5.74) is 0.726. The maximum absolute atomic E-state index is 12.8. The number of amides is 1. The summed E-state index contributed by atoms with van der Waals surface area (Å²) >= 11 is 7.67. The number of carbonyl (C=O) groups excluding carboxylic acids is 1. The van der Waals surface area contributed by atoms with Gasteiger partial charge in [-0.15, -0.1) is 12.4 Å². The van der Waals surface area contributed by atoms with E-state index in [1.807, 2.05) is 26.2 Å². The van der Waals surface area contributed by atoms with Crippen molar-refractivity contribution in [3.05, 3.63) is 47.4 Å². The molecule has 25 heavy (non-hydrogen) atoms. The van der Waals surface area contributed by atoms with Crippen molar-refractivity contribution in [2.24, 2.45) is 0 Å². The van der Waals surface area contributed by atoms with Gasteiger partial charge < -0.3 is 9.32 Å². The van der Waals surface area contributed by atoms with Gasteiger partial charge in [0.25, 0.3) is 5.91 Å². The van der Waals surface area contributed by atoms with Crippen LogP contribution >= 0.6 is 35.3 Å². The van der Waals surface area contributed by atoms with E-state index in [0.717, 1.165) is 23.2 Å². The summed E-state index contributed by atoms with van der Waals surface area (Å²) in [5.74, 6) is 0.124. The lowest BCUT2D eigenvalue weighted by molar-refractivity contribution is 0.0959. The van der Waals surface area contributed by atoms with E-state index in [1.54, 1.807) is 23.1 Å². The summed E-state index contributed by atoms with van der Waals surface area (Å²) in [4.78, 5) is 21.1. The fourth-order valence-electron chi connectivity index (χ4n) is 2.38. The molecule has 0 atom stereocenters. The van der Waals surface area contributed by atoms with Gasteiger partial charge in [-0.05, 0) is 51.3 Å². The molecule has 0 aliphatic heterocycles. The fourth-order valence-corrected chi connectivity index (χ4v) is 3.67. The number of benzene rings is 1. The van der Waals surface area contributed by atoms with Crippen LogP contribution in [0.5, 0.6) is 0 Å². The van der Waals surface area contributed by atoms with E-state index in [2.05, 4.69) is 9.88 Å². The molecule has 0 aliphatic rings. The quantitative estimate of drug-likeness (QED) is 0.609. The minimum atomic E-state index is -0.186. The van der Waals surface area contributed by atoms with Gasteiger partial charge in [-0.1, -0.05) is 29.0 Å². The first-order valence-corrected chi connectivity index (χ1v) is 8.81. The molecule has 0 saturated heterocycles. The molecule has 1 amide bonds. The number of nitrogens with zero attached hydrogens (tertiary/aromatic N) is 3. The number of hydrogen-bond donors (Lipinski definition) is 0. The van der Waals surface area contributed by atoms with E-state index in [0.29, 0.717) is 22.5 Å². The zero-order chi connectivity index (χ0) is 17.1. The van der Waals surface area contributed by atoms with E-state index in [-0.39, 0.29) is 18.3 Å². The highest BCUT2D eigenvalue weighted by Crippen LogP contribution is 2.33. The van der Waals surface area contributed by atoms with E-state index in [1.165, 1.54) is 17.6 Å². The minimum absolute atomic E-state index is 0. The van der Waals surface area contributed by atoms with Crippen LogP contribution in [0.4, 0.5) is 5.13 Å². The molecule has 134 valence electrons. The largest absolute Gasteiger partial charge is 0.459 e. The number of furan rings is 1. The van der Waals surface area contributed by atoms with Crippen LogP contribution in [0.2, 0.25) is 5.02 Å². The molecule has 0 aliphatic carbocycles. The van der Waals surface area contributed by atoms with Crippen molar-refractivity contribution in [2.75, 3.05) is 32.1 Å². The highest BCUT2D eigenvalue weighted by atomic mass is 35.5. The second-order valence-electron chi connectivity index (χ2n) is 5.67. The number of aromatic nitrogens is 1. The number of anilines is 1. The molecule has 3 rings (SSSR count). The van der Waals surface area contributed by atoms with Crippen LogP contribution in [0.25, 0.3) is 10.2 Å². The van der Waals surface area contributed by atoms with E-state index in [9.17, 15) is 4.79 Å². The Morgan fingerprint density at radius 2 is 2.04 bits per heavy atom. The molecule has 0 radical (unpaired) electrons. The van der Waals surface area contributed by atoms with Crippen LogP contribution in [0.15, 0.2) is 41.0 Å². The molecule has 0 fully saturated rings. The second kappa shape index (κ2) is 8.67. The Labute approximate surface area is 161 Å². The van der Waals surface area contributed by atoms with Gasteiger partial charge in [0.05, 0.1) is 16.0 Å². The van der Waals surface area contributed by atoms with Gasteiger partial charge >= 0.3 is 0 Å². The number of para-hydroxylation sites is 1. The van der Waals surface area contributed by atoms with Gasteiger partial charge in [0.2, 0.25) is 0 Å². The molecular weight excluding hydrogens is 381 g/mol. The van der Waals surface area contributed by atoms with Crippen molar-refractivity contribution < 1.29 is 9.21 Å². The maximum Gasteiger partial charge on any atom is 0.295 e. The van der Waals surface area contributed by atoms with E-state index >= 15 is 0 Å². The smallest absolute Gasteiger partial charge is 0.295 e. The third kappa shape index (κ3) is 4.52. The van der Waals surface area contributed by atoms with Crippen LogP contribution < -0.4 is 4.90 Å². The monoisotopic (exact) mass is 399 g/mol. The van der Waals surface area contributed by atoms with Gasteiger partial charge in [0.1, 0.15) is 5.52 Å². The molecule has 0 spiro atoms. The fraction of sp³-hybridized carbons (Fsp3) is 0.294. The van der Waals surface area contributed by atoms with E-state index in [4.69, 9.17) is 16.0 Å². The summed E-state index contributed by atoms with van der Waals surface area (Å²) < 4.78 is 6.23. The normalized spacial score (nSPS) is 10.9. The zero-order valence-corrected chi connectivity index (χ0v) is 16.3. The second-order valence-corrected chi connectivity index (χ2v) is 7.09. The van der Waals surface area contributed by atoms with Crippen LogP contribution in [0.1, 0.15) is 17.0 Å². The van der Waals surface area contributed by atoms with Gasteiger partial charge in [-0.25, -0.2) is 4.98 Å². The predicted octanol–water partition coefficient (Wildman–Crippen LogP) is 4.56. The molecule has 3 aromatic rings. The molecule has 0 saturated carbocycles. The topological polar surface area (TPSA) is 49.6 Å². The third-order valence-corrected chi connectivity index (χ3v) is 4.90. The van der Waals surface area contributed by atoms with Gasteiger partial charge in [0, 0.05) is 6.54 Å². The van der Waals surface area contributed by atoms with Crippen molar-refractivity contribution >= 4 is 56.6 Å². The summed E-state index contributed by atoms with van der Waals surface area (Å²) in [6, 6.07) is 9.02. The Hall–Kier alpha value is -1.60. The lowest BCUT2D eigenvalue weighted by Crippen LogP contribution is -2.33. The van der Waals surface area contributed by atoms with Crippen LogP contribution in [-0.2, 0) is 0 Å². The zero-order valence-electron chi connectivity index (χ0n) is 13.9. The van der Waals surface area contributed by atoms with Crippen molar-refractivity contribution in [1.29, 1.82) is 0 Å². The Bertz CT molecular complexity index is 834. The van der Waals surface area contributed by atoms with Crippen LogP contribution in [0.3, 0.4) is 0 Å². The maximum atomic E-state index is 12.8. The first-order chi connectivity index (χ1) is 11.6. The first kappa shape index (κ1) is 19.7. The molecule has 8 heteroatoms.